The summed E-state index contributed by atoms with van der Waals surface area (Å²) in [6, 6.07) is 2.71. The number of methoxy groups -OCH3 is 1. The van der Waals surface area contributed by atoms with Gasteiger partial charge in [0.1, 0.15) is 17.3 Å². The highest BCUT2D eigenvalue weighted by atomic mass is 19.1. The topological polar surface area (TPSA) is 98.9 Å². The minimum Gasteiger partial charge on any atom is -0.465 e. The zero-order valence-electron chi connectivity index (χ0n) is 17.1. The first-order chi connectivity index (χ1) is 14.4. The van der Waals surface area contributed by atoms with Crippen LogP contribution in [0.15, 0.2) is 21.9 Å². The Morgan fingerprint density at radius 3 is 2.80 bits per heavy atom. The summed E-state index contributed by atoms with van der Waals surface area (Å²) in [6.45, 7) is 2.98. The molecule has 0 saturated carbocycles. The highest BCUT2D eigenvalue weighted by Gasteiger charge is 2.28. The summed E-state index contributed by atoms with van der Waals surface area (Å²) in [5.74, 6) is -0.745. The number of halogens is 1. The van der Waals surface area contributed by atoms with Crippen LogP contribution in [0.2, 0.25) is 0 Å². The van der Waals surface area contributed by atoms with E-state index in [9.17, 15) is 14.0 Å². The van der Waals surface area contributed by atoms with Crippen LogP contribution in [0.4, 0.5) is 15.9 Å². The molecule has 0 aliphatic carbocycles. The number of carbonyl (C=O) groups is 1. The van der Waals surface area contributed by atoms with Crippen molar-refractivity contribution in [3.05, 3.63) is 45.3 Å². The van der Waals surface area contributed by atoms with Crippen LogP contribution in [0.1, 0.15) is 40.5 Å². The molecule has 0 bridgehead atoms. The number of nitrogens with one attached hydrogen (secondary N) is 2. The molecule has 1 atom stereocenters. The number of aliphatic imine (C=N–C) groups is 1. The van der Waals surface area contributed by atoms with Crippen molar-refractivity contribution in [1.29, 1.82) is 0 Å². The van der Waals surface area contributed by atoms with Crippen molar-refractivity contribution in [3.8, 4) is 0 Å². The normalized spacial score (nSPS) is 18.6. The minimum absolute atomic E-state index is 0.0411. The van der Waals surface area contributed by atoms with Gasteiger partial charge in [0.25, 0.3) is 0 Å². The lowest BCUT2D eigenvalue weighted by Gasteiger charge is -2.28. The maximum absolute atomic E-state index is 14.4. The summed E-state index contributed by atoms with van der Waals surface area (Å²) in [7, 11) is 2.92. The molecule has 1 aromatic carbocycles. The maximum Gasteiger partial charge on any atom is 0.340 e. The fourth-order valence-electron chi connectivity index (χ4n) is 3.85. The number of carbonyl (C=O) groups excluding carboxylic acids is 1. The van der Waals surface area contributed by atoms with Crippen molar-refractivity contribution >= 4 is 23.7 Å². The molecule has 1 fully saturated rings. The lowest BCUT2D eigenvalue weighted by Crippen LogP contribution is -2.34. The molecule has 2 aliphatic rings. The van der Waals surface area contributed by atoms with Crippen molar-refractivity contribution in [1.82, 2.24) is 9.13 Å². The van der Waals surface area contributed by atoms with Crippen LogP contribution < -0.4 is 16.3 Å². The fraction of sp³-hybridized carbons (Fsp3) is 0.450. The van der Waals surface area contributed by atoms with E-state index in [1.807, 2.05) is 0 Å². The number of ether oxygens (including phenoxy) is 2. The molecule has 30 heavy (non-hydrogen) atoms. The summed E-state index contributed by atoms with van der Waals surface area (Å²) in [6.07, 6.45) is 2.54. The minimum atomic E-state index is -0.731. The van der Waals surface area contributed by atoms with Crippen molar-refractivity contribution in [2.75, 3.05) is 31.0 Å². The first kappa shape index (κ1) is 20.1. The van der Waals surface area contributed by atoms with Gasteiger partial charge in [0.15, 0.2) is 6.29 Å². The number of aryl methyl sites for hydroxylation is 1. The number of hydrogen-bond donors (Lipinski definition) is 2. The molecule has 0 spiro atoms. The van der Waals surface area contributed by atoms with Crippen LogP contribution in [-0.2, 0) is 16.5 Å². The molecule has 0 amide bonds. The SMILES string of the molecule is COC(=O)c1cc(C)c(NC2N=Cc3c(n(C4CCOCC4)c(=O)n3C)N2)cc1F. The number of anilines is 2. The molecule has 1 unspecified atom stereocenters. The third-order valence-electron chi connectivity index (χ3n) is 5.52. The summed E-state index contributed by atoms with van der Waals surface area (Å²) in [5, 5.41) is 6.37. The van der Waals surface area contributed by atoms with Crippen LogP contribution >= 0.6 is 0 Å². The molecule has 2 N–H and O–H groups in total. The van der Waals surface area contributed by atoms with E-state index in [1.165, 1.54) is 19.2 Å². The standard InChI is InChI=1S/C20H24FN5O4/c1-11-8-13(18(27)29-3)14(21)9-15(11)23-19-22-10-16-17(24-19)26(20(28)25(16)2)12-4-6-30-7-5-12/h8-10,12,19,23-24H,4-7H2,1-3H3. The number of fused-ring (bicyclic) bond motifs is 1. The zero-order valence-corrected chi connectivity index (χ0v) is 17.1. The number of hydrogen-bond acceptors (Lipinski definition) is 7. The van der Waals surface area contributed by atoms with Gasteiger partial charge in [0.2, 0.25) is 0 Å². The second kappa shape index (κ2) is 7.94. The average molecular weight is 417 g/mol. The van der Waals surface area contributed by atoms with Gasteiger partial charge in [-0.15, -0.1) is 0 Å². The van der Waals surface area contributed by atoms with Crippen molar-refractivity contribution in [2.24, 2.45) is 12.0 Å². The first-order valence-electron chi connectivity index (χ1n) is 9.74. The number of aromatic nitrogens is 2. The van der Waals surface area contributed by atoms with E-state index in [2.05, 4.69) is 20.4 Å². The summed E-state index contributed by atoms with van der Waals surface area (Å²) >= 11 is 0. The van der Waals surface area contributed by atoms with Gasteiger partial charge in [-0.2, -0.15) is 0 Å². The quantitative estimate of drug-likeness (QED) is 0.739. The molecule has 2 aromatic rings. The Labute approximate surface area is 172 Å². The number of rotatable bonds is 4. The second-order valence-corrected chi connectivity index (χ2v) is 7.40. The molecule has 4 rings (SSSR count). The highest BCUT2D eigenvalue weighted by molar-refractivity contribution is 5.91. The van der Waals surface area contributed by atoms with E-state index in [1.54, 1.807) is 29.3 Å². The van der Waals surface area contributed by atoms with Crippen LogP contribution in [0, 0.1) is 12.7 Å². The van der Waals surface area contributed by atoms with E-state index in [0.717, 1.165) is 12.8 Å². The van der Waals surface area contributed by atoms with Gasteiger partial charge < -0.3 is 20.1 Å². The largest absolute Gasteiger partial charge is 0.465 e. The van der Waals surface area contributed by atoms with Gasteiger partial charge in [0.05, 0.1) is 18.9 Å². The predicted molar refractivity (Wildman–Crippen MR) is 110 cm³/mol. The lowest BCUT2D eigenvalue weighted by atomic mass is 10.1. The van der Waals surface area contributed by atoms with Gasteiger partial charge in [0, 0.05) is 32.0 Å². The smallest absolute Gasteiger partial charge is 0.340 e. The lowest BCUT2D eigenvalue weighted by molar-refractivity contribution is 0.0595. The van der Waals surface area contributed by atoms with Crippen molar-refractivity contribution in [2.45, 2.75) is 32.1 Å². The number of imidazole rings is 1. The van der Waals surface area contributed by atoms with Crippen LogP contribution in [-0.4, -0.2) is 47.9 Å². The average Bonchev–Trinajstić information content (AvgIpc) is 3.00. The fourth-order valence-corrected chi connectivity index (χ4v) is 3.85. The highest BCUT2D eigenvalue weighted by Crippen LogP contribution is 2.28. The second-order valence-electron chi connectivity index (χ2n) is 7.40. The Morgan fingerprint density at radius 1 is 1.37 bits per heavy atom. The monoisotopic (exact) mass is 417 g/mol. The molecule has 1 saturated heterocycles. The molecule has 1 aromatic heterocycles. The summed E-state index contributed by atoms with van der Waals surface area (Å²) in [4.78, 5) is 28.9. The number of esters is 1. The molecule has 2 aliphatic heterocycles. The molecular weight excluding hydrogens is 393 g/mol. The van der Waals surface area contributed by atoms with Crippen LogP contribution in [0.25, 0.3) is 0 Å². The molecule has 0 radical (unpaired) electrons. The third-order valence-corrected chi connectivity index (χ3v) is 5.52. The van der Waals surface area contributed by atoms with Crippen LogP contribution in [0.3, 0.4) is 0 Å². The van der Waals surface area contributed by atoms with Crippen molar-refractivity contribution in [3.63, 3.8) is 0 Å². The molecule has 160 valence electrons. The van der Waals surface area contributed by atoms with Crippen molar-refractivity contribution < 1.29 is 18.7 Å². The van der Waals surface area contributed by atoms with E-state index < -0.39 is 18.1 Å². The Morgan fingerprint density at radius 2 is 2.10 bits per heavy atom. The van der Waals surface area contributed by atoms with E-state index in [-0.39, 0.29) is 17.3 Å². The number of benzene rings is 1. The predicted octanol–water partition coefficient (Wildman–Crippen LogP) is 2.01. The van der Waals surface area contributed by atoms with E-state index >= 15 is 0 Å². The summed E-state index contributed by atoms with van der Waals surface area (Å²) in [5.41, 5.74) is 1.59. The van der Waals surface area contributed by atoms with Gasteiger partial charge in [-0.1, -0.05) is 0 Å². The maximum atomic E-state index is 14.4. The Hall–Kier alpha value is -3.14. The van der Waals surface area contributed by atoms with E-state index in [0.29, 0.717) is 36.0 Å². The Bertz CT molecular complexity index is 1070. The number of nitrogens with zero attached hydrogens (tertiary/aromatic N) is 3. The van der Waals surface area contributed by atoms with Gasteiger partial charge in [-0.3, -0.25) is 9.13 Å². The molecule has 9 nitrogen and oxygen atoms in total. The zero-order chi connectivity index (χ0) is 21.4. The third kappa shape index (κ3) is 3.47. The van der Waals surface area contributed by atoms with Gasteiger partial charge in [-0.05, 0) is 37.5 Å². The molecule has 3 heterocycles. The van der Waals surface area contributed by atoms with Gasteiger partial charge in [-0.25, -0.2) is 19.0 Å². The molecule has 10 heteroatoms. The van der Waals surface area contributed by atoms with Crippen LogP contribution in [0.5, 0.6) is 0 Å². The van der Waals surface area contributed by atoms with Gasteiger partial charge >= 0.3 is 11.7 Å². The van der Waals surface area contributed by atoms with E-state index in [4.69, 9.17) is 4.74 Å². The molecular formula is C20H24FN5O4. The first-order valence-corrected chi connectivity index (χ1v) is 9.74. The summed E-state index contributed by atoms with van der Waals surface area (Å²) < 4.78 is 27.7. The Kier molecular flexibility index (Phi) is 5.33. The Balaban J connectivity index is 1.61.